The molecule has 0 aromatic carbocycles. The molecule has 4 unspecified atom stereocenters. The first-order valence-electron chi connectivity index (χ1n) is 4.07. The lowest BCUT2D eigenvalue weighted by Gasteiger charge is -2.16. The summed E-state index contributed by atoms with van der Waals surface area (Å²) in [5, 5.41) is 9.51. The number of rotatable bonds is 2. The minimum absolute atomic E-state index is 0.0602. The summed E-state index contributed by atoms with van der Waals surface area (Å²) in [7, 11) is 1.61. The fraction of sp³-hybridized carbons (Fsp3) is 1.00. The lowest BCUT2D eigenvalue weighted by molar-refractivity contribution is -0.0116. The Labute approximate surface area is 67.3 Å². The number of hydrogen-bond donors (Lipinski definition) is 1. The highest BCUT2D eigenvalue weighted by atomic mass is 16.6. The average molecular weight is 160 g/mol. The third kappa shape index (κ3) is 1.55. The molecule has 3 heteroatoms. The molecule has 1 saturated heterocycles. The molecule has 0 amide bonds. The molecule has 0 aliphatic carbocycles. The Morgan fingerprint density at radius 3 is 2.55 bits per heavy atom. The highest BCUT2D eigenvalue weighted by molar-refractivity contribution is 4.88. The minimum atomic E-state index is -0.468. The van der Waals surface area contributed by atoms with Crippen LogP contribution in [0.1, 0.15) is 20.3 Å². The molecular weight excluding hydrogens is 144 g/mol. The number of ether oxygens (including phenoxy) is 2. The molecule has 0 saturated carbocycles. The van der Waals surface area contributed by atoms with E-state index >= 15 is 0 Å². The fourth-order valence-corrected chi connectivity index (χ4v) is 1.54. The van der Waals surface area contributed by atoms with E-state index in [1.807, 2.05) is 13.8 Å². The Hall–Kier alpha value is -0.120. The van der Waals surface area contributed by atoms with Crippen LogP contribution in [0.4, 0.5) is 0 Å². The summed E-state index contributed by atoms with van der Waals surface area (Å²) < 4.78 is 10.6. The Balaban J connectivity index is 2.57. The van der Waals surface area contributed by atoms with Gasteiger partial charge in [0, 0.05) is 7.11 Å². The zero-order valence-corrected chi connectivity index (χ0v) is 7.28. The molecule has 66 valence electrons. The average Bonchev–Trinajstić information content (AvgIpc) is 2.28. The number of methoxy groups -OCH3 is 1. The summed E-state index contributed by atoms with van der Waals surface area (Å²) in [6, 6.07) is 0. The predicted octanol–water partition coefficient (Wildman–Crippen LogP) is 0.560. The maximum Gasteiger partial charge on any atom is 0.112 e. The highest BCUT2D eigenvalue weighted by Crippen LogP contribution is 2.24. The summed E-state index contributed by atoms with van der Waals surface area (Å²) in [6.45, 7) is 3.90. The van der Waals surface area contributed by atoms with Crippen molar-refractivity contribution in [2.45, 2.75) is 44.7 Å². The first kappa shape index (κ1) is 8.97. The van der Waals surface area contributed by atoms with Crippen molar-refractivity contribution in [2.24, 2.45) is 0 Å². The molecule has 3 nitrogen and oxygen atoms in total. The summed E-state index contributed by atoms with van der Waals surface area (Å²) in [5.74, 6) is 0. The predicted molar refractivity (Wildman–Crippen MR) is 41.4 cm³/mol. The van der Waals surface area contributed by atoms with Crippen molar-refractivity contribution in [2.75, 3.05) is 7.11 Å². The molecule has 0 radical (unpaired) electrons. The smallest absolute Gasteiger partial charge is 0.112 e. The molecule has 1 fully saturated rings. The van der Waals surface area contributed by atoms with Crippen LogP contribution < -0.4 is 0 Å². The van der Waals surface area contributed by atoms with Crippen molar-refractivity contribution in [3.8, 4) is 0 Å². The molecule has 1 N–H and O–H groups in total. The Morgan fingerprint density at radius 2 is 2.18 bits per heavy atom. The second-order valence-electron chi connectivity index (χ2n) is 2.98. The molecule has 1 rings (SSSR count). The van der Waals surface area contributed by atoms with Crippen LogP contribution in [0.5, 0.6) is 0 Å². The van der Waals surface area contributed by atoms with Crippen LogP contribution in [-0.2, 0) is 9.47 Å². The van der Waals surface area contributed by atoms with Crippen LogP contribution in [0.2, 0.25) is 0 Å². The van der Waals surface area contributed by atoms with Gasteiger partial charge < -0.3 is 14.6 Å². The Kier molecular flexibility index (Phi) is 2.87. The standard InChI is InChI=1S/C8H16O3/c1-4-6-8(10-3)7(9)5(2)11-6/h5-9H,4H2,1-3H3. The van der Waals surface area contributed by atoms with Gasteiger partial charge in [0.15, 0.2) is 0 Å². The quantitative estimate of drug-likeness (QED) is 0.641. The van der Waals surface area contributed by atoms with Gasteiger partial charge in [-0.25, -0.2) is 0 Å². The number of aliphatic hydroxyl groups excluding tert-OH is 1. The van der Waals surface area contributed by atoms with Gasteiger partial charge in [0.2, 0.25) is 0 Å². The lowest BCUT2D eigenvalue weighted by Crippen LogP contribution is -2.33. The van der Waals surface area contributed by atoms with Crippen LogP contribution in [0.15, 0.2) is 0 Å². The first-order valence-corrected chi connectivity index (χ1v) is 4.07. The third-order valence-corrected chi connectivity index (χ3v) is 2.25. The molecule has 0 aromatic heterocycles. The second-order valence-corrected chi connectivity index (χ2v) is 2.98. The fourth-order valence-electron chi connectivity index (χ4n) is 1.54. The van der Waals surface area contributed by atoms with Crippen LogP contribution in [0, 0.1) is 0 Å². The van der Waals surface area contributed by atoms with E-state index in [0.717, 1.165) is 6.42 Å². The number of hydrogen-bond acceptors (Lipinski definition) is 3. The van der Waals surface area contributed by atoms with Crippen LogP contribution in [-0.4, -0.2) is 36.6 Å². The van der Waals surface area contributed by atoms with Crippen molar-refractivity contribution in [3.63, 3.8) is 0 Å². The van der Waals surface area contributed by atoms with E-state index in [1.54, 1.807) is 7.11 Å². The zero-order valence-electron chi connectivity index (χ0n) is 7.28. The van der Waals surface area contributed by atoms with E-state index in [9.17, 15) is 5.11 Å². The second kappa shape index (κ2) is 3.52. The van der Waals surface area contributed by atoms with Crippen molar-refractivity contribution in [1.82, 2.24) is 0 Å². The zero-order chi connectivity index (χ0) is 8.43. The van der Waals surface area contributed by atoms with E-state index in [2.05, 4.69) is 0 Å². The highest BCUT2D eigenvalue weighted by Gasteiger charge is 2.40. The molecule has 1 aliphatic heterocycles. The van der Waals surface area contributed by atoms with Crippen LogP contribution >= 0.6 is 0 Å². The molecule has 4 atom stereocenters. The van der Waals surface area contributed by atoms with Gasteiger partial charge in [0.1, 0.15) is 12.2 Å². The topological polar surface area (TPSA) is 38.7 Å². The first-order chi connectivity index (χ1) is 5.20. The van der Waals surface area contributed by atoms with Gasteiger partial charge in [-0.1, -0.05) is 6.92 Å². The summed E-state index contributed by atoms with van der Waals surface area (Å²) in [5.41, 5.74) is 0. The molecule has 11 heavy (non-hydrogen) atoms. The maximum atomic E-state index is 9.51. The normalized spacial score (nSPS) is 44.7. The van der Waals surface area contributed by atoms with Gasteiger partial charge >= 0.3 is 0 Å². The van der Waals surface area contributed by atoms with E-state index in [-0.39, 0.29) is 18.3 Å². The Bertz CT molecular complexity index is 127. The van der Waals surface area contributed by atoms with Crippen molar-refractivity contribution >= 4 is 0 Å². The van der Waals surface area contributed by atoms with E-state index in [4.69, 9.17) is 9.47 Å². The van der Waals surface area contributed by atoms with Crippen LogP contribution in [0.25, 0.3) is 0 Å². The Morgan fingerprint density at radius 1 is 1.55 bits per heavy atom. The monoisotopic (exact) mass is 160 g/mol. The summed E-state index contributed by atoms with van der Waals surface area (Å²) in [6.07, 6.45) is 0.245. The van der Waals surface area contributed by atoms with Crippen molar-refractivity contribution in [1.29, 1.82) is 0 Å². The lowest BCUT2D eigenvalue weighted by atomic mass is 10.1. The van der Waals surface area contributed by atoms with Crippen molar-refractivity contribution < 1.29 is 14.6 Å². The third-order valence-electron chi connectivity index (χ3n) is 2.25. The van der Waals surface area contributed by atoms with Gasteiger partial charge in [-0.2, -0.15) is 0 Å². The van der Waals surface area contributed by atoms with E-state index < -0.39 is 6.10 Å². The van der Waals surface area contributed by atoms with E-state index in [1.165, 1.54) is 0 Å². The largest absolute Gasteiger partial charge is 0.388 e. The van der Waals surface area contributed by atoms with Gasteiger partial charge in [-0.15, -0.1) is 0 Å². The molecular formula is C8H16O3. The van der Waals surface area contributed by atoms with Gasteiger partial charge in [-0.05, 0) is 13.3 Å². The SMILES string of the molecule is CCC1OC(C)C(O)C1OC. The van der Waals surface area contributed by atoms with E-state index in [0.29, 0.717) is 0 Å². The summed E-state index contributed by atoms with van der Waals surface area (Å²) >= 11 is 0. The molecule has 1 aliphatic rings. The number of aliphatic hydroxyl groups is 1. The summed E-state index contributed by atoms with van der Waals surface area (Å²) in [4.78, 5) is 0. The van der Waals surface area contributed by atoms with Crippen LogP contribution in [0.3, 0.4) is 0 Å². The maximum absolute atomic E-state index is 9.51. The van der Waals surface area contributed by atoms with Gasteiger partial charge in [0.05, 0.1) is 12.2 Å². The van der Waals surface area contributed by atoms with Crippen molar-refractivity contribution in [3.05, 3.63) is 0 Å². The van der Waals surface area contributed by atoms with Gasteiger partial charge in [-0.3, -0.25) is 0 Å². The molecule has 0 spiro atoms. The molecule has 1 heterocycles. The van der Waals surface area contributed by atoms with Gasteiger partial charge in [0.25, 0.3) is 0 Å². The molecule has 0 bridgehead atoms. The molecule has 0 aromatic rings. The minimum Gasteiger partial charge on any atom is -0.388 e.